The van der Waals surface area contributed by atoms with Crippen molar-refractivity contribution in [3.8, 4) is 0 Å². The van der Waals surface area contributed by atoms with Crippen molar-refractivity contribution in [3.63, 3.8) is 0 Å². The van der Waals surface area contributed by atoms with Gasteiger partial charge in [-0.3, -0.25) is 4.79 Å². The van der Waals surface area contributed by atoms with Crippen LogP contribution in [-0.2, 0) is 11.3 Å². The molecule has 1 aliphatic heterocycles. The number of nitrogens with one attached hydrogen (secondary N) is 1. The molecule has 0 aliphatic carbocycles. The summed E-state index contributed by atoms with van der Waals surface area (Å²) in [6.07, 6.45) is 5.37. The van der Waals surface area contributed by atoms with Gasteiger partial charge in [-0.05, 0) is 36.6 Å². The van der Waals surface area contributed by atoms with E-state index in [9.17, 15) is 4.79 Å². The number of hydrogen-bond acceptors (Lipinski definition) is 5. The van der Waals surface area contributed by atoms with Crippen LogP contribution in [0.15, 0.2) is 42.7 Å². The number of rotatable bonds is 5. The van der Waals surface area contributed by atoms with Crippen molar-refractivity contribution < 1.29 is 4.79 Å². The van der Waals surface area contributed by atoms with E-state index in [0.29, 0.717) is 19.0 Å². The van der Waals surface area contributed by atoms with E-state index < -0.39 is 0 Å². The molecule has 1 unspecified atom stereocenters. The number of benzene rings is 1. The van der Waals surface area contributed by atoms with Gasteiger partial charge in [-0.1, -0.05) is 12.1 Å². The van der Waals surface area contributed by atoms with Gasteiger partial charge in [0.15, 0.2) is 0 Å². The standard InChI is InChI=1S/C19H25N5O/c1-23(2)17-8-6-15(7-9-17)13-22-18(25)16-5-3-12-24(14-16)19-20-10-4-11-21-19/h4,6-11,16H,3,5,12-14H2,1-2H3,(H,22,25). The fraction of sp³-hybridized carbons (Fsp3) is 0.421. The monoisotopic (exact) mass is 339 g/mol. The van der Waals surface area contributed by atoms with Crippen LogP contribution in [0.25, 0.3) is 0 Å². The third kappa shape index (κ3) is 4.47. The van der Waals surface area contributed by atoms with Gasteiger partial charge in [-0.2, -0.15) is 0 Å². The van der Waals surface area contributed by atoms with E-state index in [1.807, 2.05) is 14.1 Å². The SMILES string of the molecule is CN(C)c1ccc(CNC(=O)C2CCCN(c3ncccn3)C2)cc1. The van der Waals surface area contributed by atoms with Crippen LogP contribution in [0.4, 0.5) is 11.6 Å². The number of nitrogens with zero attached hydrogens (tertiary/aromatic N) is 4. The van der Waals surface area contributed by atoms with Gasteiger partial charge in [0.1, 0.15) is 0 Å². The highest BCUT2D eigenvalue weighted by Gasteiger charge is 2.26. The molecule has 6 heteroatoms. The number of anilines is 2. The molecule has 1 aromatic heterocycles. The Bertz CT molecular complexity index is 687. The summed E-state index contributed by atoms with van der Waals surface area (Å²) in [6, 6.07) is 10.0. The molecule has 0 bridgehead atoms. The normalized spacial score (nSPS) is 17.2. The van der Waals surface area contributed by atoms with Gasteiger partial charge in [0.2, 0.25) is 11.9 Å². The van der Waals surface area contributed by atoms with E-state index in [-0.39, 0.29) is 11.8 Å². The van der Waals surface area contributed by atoms with E-state index in [2.05, 4.69) is 49.4 Å². The molecule has 0 radical (unpaired) electrons. The van der Waals surface area contributed by atoms with Crippen molar-refractivity contribution in [3.05, 3.63) is 48.3 Å². The first kappa shape index (κ1) is 17.2. The lowest BCUT2D eigenvalue weighted by Crippen LogP contribution is -2.43. The molecular formula is C19H25N5O. The predicted molar refractivity (Wildman–Crippen MR) is 99.6 cm³/mol. The lowest BCUT2D eigenvalue weighted by molar-refractivity contribution is -0.125. The largest absolute Gasteiger partial charge is 0.378 e. The summed E-state index contributed by atoms with van der Waals surface area (Å²) in [5, 5.41) is 3.07. The molecule has 1 aliphatic rings. The van der Waals surface area contributed by atoms with Gasteiger partial charge in [-0.15, -0.1) is 0 Å². The maximum Gasteiger partial charge on any atom is 0.225 e. The summed E-state index contributed by atoms with van der Waals surface area (Å²) in [7, 11) is 4.03. The number of carbonyl (C=O) groups is 1. The molecule has 132 valence electrons. The van der Waals surface area contributed by atoms with Crippen LogP contribution < -0.4 is 15.1 Å². The molecule has 1 saturated heterocycles. The second kappa shape index (κ2) is 7.96. The lowest BCUT2D eigenvalue weighted by atomic mass is 9.97. The summed E-state index contributed by atoms with van der Waals surface area (Å²) in [5.41, 5.74) is 2.26. The number of hydrogen-bond donors (Lipinski definition) is 1. The molecule has 1 atom stereocenters. The summed E-state index contributed by atoms with van der Waals surface area (Å²) < 4.78 is 0. The second-order valence-corrected chi connectivity index (χ2v) is 6.61. The maximum absolute atomic E-state index is 12.5. The maximum atomic E-state index is 12.5. The average Bonchev–Trinajstić information content (AvgIpc) is 2.67. The van der Waals surface area contributed by atoms with Crippen LogP contribution in [0, 0.1) is 5.92 Å². The molecule has 3 rings (SSSR count). The third-order valence-electron chi connectivity index (χ3n) is 4.55. The zero-order valence-corrected chi connectivity index (χ0v) is 14.9. The van der Waals surface area contributed by atoms with E-state index in [0.717, 1.165) is 30.6 Å². The summed E-state index contributed by atoms with van der Waals surface area (Å²) in [4.78, 5) is 25.3. The average molecular weight is 339 g/mol. The Labute approximate surface area is 148 Å². The molecule has 25 heavy (non-hydrogen) atoms. The van der Waals surface area contributed by atoms with E-state index >= 15 is 0 Å². The van der Waals surface area contributed by atoms with Crippen molar-refractivity contribution in [1.29, 1.82) is 0 Å². The zero-order valence-electron chi connectivity index (χ0n) is 14.9. The second-order valence-electron chi connectivity index (χ2n) is 6.61. The number of carbonyl (C=O) groups excluding carboxylic acids is 1. The molecule has 1 aromatic carbocycles. The van der Waals surface area contributed by atoms with Crippen LogP contribution in [0.5, 0.6) is 0 Å². The summed E-state index contributed by atoms with van der Waals surface area (Å²) >= 11 is 0. The van der Waals surface area contributed by atoms with Gasteiger partial charge in [-0.25, -0.2) is 9.97 Å². The van der Waals surface area contributed by atoms with Gasteiger partial charge < -0.3 is 15.1 Å². The topological polar surface area (TPSA) is 61.4 Å². The van der Waals surface area contributed by atoms with Gasteiger partial charge in [0.05, 0.1) is 5.92 Å². The molecule has 6 nitrogen and oxygen atoms in total. The summed E-state index contributed by atoms with van der Waals surface area (Å²) in [5.74, 6) is 0.801. The van der Waals surface area contributed by atoms with Gasteiger partial charge in [0.25, 0.3) is 0 Å². The van der Waals surface area contributed by atoms with Crippen molar-refractivity contribution in [2.45, 2.75) is 19.4 Å². The Kier molecular flexibility index (Phi) is 5.48. The van der Waals surface area contributed by atoms with E-state index in [4.69, 9.17) is 0 Å². The van der Waals surface area contributed by atoms with Crippen molar-refractivity contribution >= 4 is 17.5 Å². The van der Waals surface area contributed by atoms with Crippen LogP contribution in [0.2, 0.25) is 0 Å². The Morgan fingerprint density at radius 3 is 2.64 bits per heavy atom. The molecular weight excluding hydrogens is 314 g/mol. The number of aromatic nitrogens is 2. The molecule has 1 amide bonds. The minimum atomic E-state index is -0.0152. The number of amides is 1. The quantitative estimate of drug-likeness (QED) is 0.904. The Morgan fingerprint density at radius 2 is 1.96 bits per heavy atom. The van der Waals surface area contributed by atoms with E-state index in [1.165, 1.54) is 0 Å². The predicted octanol–water partition coefficient (Wildman–Crippen LogP) is 2.08. The van der Waals surface area contributed by atoms with Crippen LogP contribution in [0.1, 0.15) is 18.4 Å². The minimum Gasteiger partial charge on any atom is -0.378 e. The first-order valence-electron chi connectivity index (χ1n) is 8.69. The van der Waals surface area contributed by atoms with Crippen molar-refractivity contribution in [1.82, 2.24) is 15.3 Å². The highest BCUT2D eigenvalue weighted by atomic mass is 16.1. The van der Waals surface area contributed by atoms with Crippen molar-refractivity contribution in [2.75, 3.05) is 37.0 Å². The third-order valence-corrected chi connectivity index (χ3v) is 4.55. The first-order chi connectivity index (χ1) is 12.1. The van der Waals surface area contributed by atoms with Crippen LogP contribution in [0.3, 0.4) is 0 Å². The van der Waals surface area contributed by atoms with Crippen LogP contribution >= 0.6 is 0 Å². The van der Waals surface area contributed by atoms with E-state index in [1.54, 1.807) is 18.5 Å². The highest BCUT2D eigenvalue weighted by Crippen LogP contribution is 2.20. The molecule has 1 N–H and O–H groups in total. The molecule has 0 saturated carbocycles. The molecule has 2 heterocycles. The molecule has 0 spiro atoms. The van der Waals surface area contributed by atoms with Gasteiger partial charge >= 0.3 is 0 Å². The van der Waals surface area contributed by atoms with Crippen LogP contribution in [-0.4, -0.2) is 43.1 Å². The Balaban J connectivity index is 1.54. The van der Waals surface area contributed by atoms with Gasteiger partial charge in [0, 0.05) is 51.8 Å². The summed E-state index contributed by atoms with van der Waals surface area (Å²) in [6.45, 7) is 2.14. The first-order valence-corrected chi connectivity index (χ1v) is 8.69. The molecule has 1 fully saturated rings. The minimum absolute atomic E-state index is 0.0152. The Hall–Kier alpha value is -2.63. The highest BCUT2D eigenvalue weighted by molar-refractivity contribution is 5.79. The smallest absolute Gasteiger partial charge is 0.225 e. The fourth-order valence-electron chi connectivity index (χ4n) is 3.07. The zero-order chi connectivity index (χ0) is 17.6. The fourth-order valence-corrected chi connectivity index (χ4v) is 3.07. The molecule has 2 aromatic rings. The Morgan fingerprint density at radius 1 is 1.24 bits per heavy atom. The lowest BCUT2D eigenvalue weighted by Gasteiger charge is -2.31. The van der Waals surface area contributed by atoms with Crippen molar-refractivity contribution in [2.24, 2.45) is 5.92 Å². The number of piperidine rings is 1.